The number of nitrogens with one attached hydrogen (secondary N) is 1. The molecule has 4 rings (SSSR count). The Morgan fingerprint density at radius 2 is 1.89 bits per heavy atom. The number of aryl methyl sites for hydroxylation is 1. The maximum absolute atomic E-state index is 13.1. The van der Waals surface area contributed by atoms with Gasteiger partial charge in [-0.1, -0.05) is 23.7 Å². The Hall–Kier alpha value is -3.52. The summed E-state index contributed by atoms with van der Waals surface area (Å²) in [6.45, 7) is 1.79. The van der Waals surface area contributed by atoms with Gasteiger partial charge in [-0.05, 0) is 59.3 Å². The van der Waals surface area contributed by atoms with Crippen LogP contribution in [-0.2, 0) is 0 Å². The average Bonchev–Trinajstić information content (AvgIpc) is 3.31. The average molecular weight is 381 g/mol. The number of aromatic amines is 1. The van der Waals surface area contributed by atoms with Crippen molar-refractivity contribution in [1.82, 2.24) is 30.0 Å². The molecule has 134 valence electrons. The minimum Gasteiger partial charge on any atom is -0.287 e. The van der Waals surface area contributed by atoms with Crippen LogP contribution >= 0.6 is 11.6 Å². The highest BCUT2D eigenvalue weighted by Gasteiger charge is 2.21. The normalized spacial score (nSPS) is 10.9. The second-order valence-corrected chi connectivity index (χ2v) is 6.27. The number of hydrogen-bond donors (Lipinski definition) is 1. The lowest BCUT2D eigenvalue weighted by Gasteiger charge is -2.09. The topological polar surface area (TPSA) is 98.5 Å². The molecule has 27 heavy (non-hydrogen) atoms. The molecule has 0 radical (unpaired) electrons. The van der Waals surface area contributed by atoms with Crippen LogP contribution in [0.3, 0.4) is 0 Å². The first-order valence-corrected chi connectivity index (χ1v) is 8.39. The number of H-pyrrole nitrogens is 1. The van der Waals surface area contributed by atoms with E-state index in [1.54, 1.807) is 66.3 Å². The fourth-order valence-corrected chi connectivity index (χ4v) is 2.92. The van der Waals surface area contributed by atoms with Crippen molar-refractivity contribution in [2.24, 2.45) is 0 Å². The Kier molecular flexibility index (Phi) is 4.17. The van der Waals surface area contributed by atoms with E-state index >= 15 is 0 Å². The van der Waals surface area contributed by atoms with Crippen molar-refractivity contribution in [1.29, 1.82) is 0 Å². The fraction of sp³-hybridized carbons (Fsp3) is 0.0556. The van der Waals surface area contributed by atoms with Gasteiger partial charge in [-0.15, -0.1) is 0 Å². The number of carbonyl (C=O) groups is 1. The minimum absolute atomic E-state index is 0.247. The molecule has 1 N–H and O–H groups in total. The van der Waals surface area contributed by atoms with Gasteiger partial charge < -0.3 is 0 Å². The molecule has 2 aromatic carbocycles. The van der Waals surface area contributed by atoms with Crippen LogP contribution in [0, 0.1) is 6.92 Å². The van der Waals surface area contributed by atoms with Crippen LogP contribution < -0.4 is 5.69 Å². The van der Waals surface area contributed by atoms with Crippen molar-refractivity contribution in [2.45, 2.75) is 6.92 Å². The standard InChI is InChI=1S/C18H13ClN6O2/c1-11-3-2-4-15(25-18(27)20-22-23-25)16(11)17(26)14-9-10-24(21-14)13-7-5-12(19)6-8-13/h2-10H,1H3,(H,20,23,27). The summed E-state index contributed by atoms with van der Waals surface area (Å²) in [5.41, 5.74) is 1.89. The highest BCUT2D eigenvalue weighted by Crippen LogP contribution is 2.21. The molecule has 9 heteroatoms. The Labute approximate surface area is 158 Å². The minimum atomic E-state index is -0.527. The number of benzene rings is 2. The van der Waals surface area contributed by atoms with Gasteiger partial charge in [0.15, 0.2) is 0 Å². The molecule has 4 aromatic rings. The molecular weight excluding hydrogens is 368 g/mol. The van der Waals surface area contributed by atoms with Gasteiger partial charge in [0, 0.05) is 11.2 Å². The van der Waals surface area contributed by atoms with Crippen LogP contribution in [0.1, 0.15) is 21.6 Å². The Morgan fingerprint density at radius 1 is 1.11 bits per heavy atom. The molecule has 0 aliphatic rings. The molecular formula is C18H13ClN6O2. The predicted molar refractivity (Wildman–Crippen MR) is 98.7 cm³/mol. The molecule has 2 heterocycles. The van der Waals surface area contributed by atoms with Crippen LogP contribution in [0.2, 0.25) is 5.02 Å². The molecule has 0 saturated carbocycles. The number of hydrogen-bond acceptors (Lipinski definition) is 5. The van der Waals surface area contributed by atoms with Gasteiger partial charge in [-0.3, -0.25) is 4.79 Å². The van der Waals surface area contributed by atoms with E-state index in [1.165, 1.54) is 0 Å². The summed E-state index contributed by atoms with van der Waals surface area (Å²) in [5, 5.41) is 14.4. The van der Waals surface area contributed by atoms with Gasteiger partial charge in [0.1, 0.15) is 5.69 Å². The van der Waals surface area contributed by atoms with Crippen molar-refractivity contribution in [3.8, 4) is 11.4 Å². The molecule has 0 aliphatic heterocycles. The summed E-state index contributed by atoms with van der Waals surface area (Å²) < 4.78 is 2.64. The highest BCUT2D eigenvalue weighted by atomic mass is 35.5. The second kappa shape index (κ2) is 6.65. The van der Waals surface area contributed by atoms with Gasteiger partial charge in [-0.25, -0.2) is 14.6 Å². The fourth-order valence-electron chi connectivity index (χ4n) is 2.79. The molecule has 2 aromatic heterocycles. The lowest BCUT2D eigenvalue weighted by atomic mass is 10.0. The third-order valence-corrected chi connectivity index (χ3v) is 4.34. The molecule has 8 nitrogen and oxygen atoms in total. The number of halogens is 1. The summed E-state index contributed by atoms with van der Waals surface area (Å²) in [6, 6.07) is 13.9. The van der Waals surface area contributed by atoms with Crippen molar-refractivity contribution < 1.29 is 4.79 Å². The lowest BCUT2D eigenvalue weighted by molar-refractivity contribution is 0.103. The largest absolute Gasteiger partial charge is 0.365 e. The van der Waals surface area contributed by atoms with Crippen LogP contribution in [0.4, 0.5) is 0 Å². The number of rotatable bonds is 4. The number of aromatic nitrogens is 6. The second-order valence-electron chi connectivity index (χ2n) is 5.84. The Balaban J connectivity index is 1.77. The van der Waals surface area contributed by atoms with Gasteiger partial charge >= 0.3 is 5.69 Å². The highest BCUT2D eigenvalue weighted by molar-refractivity contribution is 6.30. The van der Waals surface area contributed by atoms with Crippen LogP contribution in [0.25, 0.3) is 11.4 Å². The first-order chi connectivity index (χ1) is 13.0. The van der Waals surface area contributed by atoms with E-state index in [4.69, 9.17) is 11.6 Å². The van der Waals surface area contributed by atoms with Crippen molar-refractivity contribution >= 4 is 17.4 Å². The van der Waals surface area contributed by atoms with E-state index in [0.29, 0.717) is 21.8 Å². The molecule has 0 atom stereocenters. The van der Waals surface area contributed by atoms with Crippen molar-refractivity contribution in [3.63, 3.8) is 0 Å². The number of ketones is 1. The van der Waals surface area contributed by atoms with E-state index in [-0.39, 0.29) is 11.5 Å². The van der Waals surface area contributed by atoms with Gasteiger partial charge in [0.25, 0.3) is 0 Å². The van der Waals surface area contributed by atoms with E-state index in [1.807, 2.05) is 0 Å². The molecule has 0 aliphatic carbocycles. The van der Waals surface area contributed by atoms with E-state index in [9.17, 15) is 9.59 Å². The summed E-state index contributed by atoms with van der Waals surface area (Å²) >= 11 is 5.91. The third kappa shape index (κ3) is 3.06. The van der Waals surface area contributed by atoms with Crippen molar-refractivity contribution in [2.75, 3.05) is 0 Å². The quantitative estimate of drug-likeness (QED) is 0.548. The first kappa shape index (κ1) is 16.9. The molecule has 0 saturated heterocycles. The predicted octanol–water partition coefficient (Wildman–Crippen LogP) is 2.33. The van der Waals surface area contributed by atoms with Gasteiger partial charge in [0.2, 0.25) is 5.78 Å². The SMILES string of the molecule is Cc1cccc(-n2nn[nH]c2=O)c1C(=O)c1ccn(-c2ccc(Cl)cc2)n1. The molecule has 0 fully saturated rings. The monoisotopic (exact) mass is 380 g/mol. The lowest BCUT2D eigenvalue weighted by Crippen LogP contribution is -2.20. The molecule has 0 unspecified atom stereocenters. The number of tetrazole rings is 1. The van der Waals surface area contributed by atoms with Crippen molar-refractivity contribution in [3.05, 3.63) is 87.1 Å². The summed E-state index contributed by atoms with van der Waals surface area (Å²) in [7, 11) is 0. The number of nitrogens with zero attached hydrogens (tertiary/aromatic N) is 5. The zero-order chi connectivity index (χ0) is 19.0. The third-order valence-electron chi connectivity index (χ3n) is 4.09. The smallest absolute Gasteiger partial charge is 0.287 e. The zero-order valence-corrected chi connectivity index (χ0v) is 14.9. The van der Waals surface area contributed by atoms with Crippen LogP contribution in [0.15, 0.2) is 59.5 Å². The number of carbonyl (C=O) groups excluding carboxylic acids is 1. The van der Waals surface area contributed by atoms with E-state index < -0.39 is 5.69 Å². The molecule has 0 amide bonds. The van der Waals surface area contributed by atoms with E-state index in [2.05, 4.69) is 20.6 Å². The van der Waals surface area contributed by atoms with E-state index in [0.717, 1.165) is 10.4 Å². The van der Waals surface area contributed by atoms with Crippen LogP contribution in [-0.4, -0.2) is 35.8 Å². The Bertz CT molecular complexity index is 1190. The summed E-state index contributed by atoms with van der Waals surface area (Å²) in [6.07, 6.45) is 1.69. The molecule has 0 spiro atoms. The maximum Gasteiger partial charge on any atom is 0.365 e. The maximum atomic E-state index is 13.1. The first-order valence-electron chi connectivity index (χ1n) is 8.01. The molecule has 0 bridgehead atoms. The summed E-state index contributed by atoms with van der Waals surface area (Å²) in [5.74, 6) is -0.314. The Morgan fingerprint density at radius 3 is 2.59 bits per heavy atom. The van der Waals surface area contributed by atoms with Gasteiger partial charge in [0.05, 0.1) is 16.9 Å². The zero-order valence-electron chi connectivity index (χ0n) is 14.1. The van der Waals surface area contributed by atoms with Gasteiger partial charge in [-0.2, -0.15) is 9.78 Å². The van der Waals surface area contributed by atoms with Crippen LogP contribution in [0.5, 0.6) is 0 Å². The summed E-state index contributed by atoms with van der Waals surface area (Å²) in [4.78, 5) is 25.0.